The number of nitrogens with one attached hydrogen (secondary N) is 1. The van der Waals surface area contributed by atoms with E-state index in [2.05, 4.69) is 10.3 Å². The highest BCUT2D eigenvalue weighted by atomic mass is 35.5. The largest absolute Gasteiger partial charge is 0.381 e. The summed E-state index contributed by atoms with van der Waals surface area (Å²) in [4.78, 5) is 17.0. The van der Waals surface area contributed by atoms with Crippen molar-refractivity contribution >= 4 is 17.5 Å². The molecular weight excluding hydrogens is 326 g/mol. The van der Waals surface area contributed by atoms with Crippen molar-refractivity contribution in [2.24, 2.45) is 0 Å². The van der Waals surface area contributed by atoms with Gasteiger partial charge in [0, 0.05) is 43.7 Å². The van der Waals surface area contributed by atoms with Gasteiger partial charge in [0.05, 0.1) is 11.7 Å². The number of imidazole rings is 1. The minimum Gasteiger partial charge on any atom is -0.381 e. The standard InChI is InChI=1S/C18H22ClN3O2/c19-16-5-2-1-4-15(16)18(6-12-24-13-7-18)17(23)21-8-3-10-22-11-9-20-14-22/h1-2,4-5,9,11,14H,3,6-8,10,12-13H2,(H,21,23). The smallest absolute Gasteiger partial charge is 0.230 e. The van der Waals surface area contributed by atoms with Crippen LogP contribution in [0.15, 0.2) is 43.0 Å². The quantitative estimate of drug-likeness (QED) is 0.817. The molecule has 2 aromatic rings. The van der Waals surface area contributed by atoms with Crippen LogP contribution < -0.4 is 5.32 Å². The van der Waals surface area contributed by atoms with Crippen molar-refractivity contribution in [3.63, 3.8) is 0 Å². The minimum absolute atomic E-state index is 0.0459. The molecule has 1 aromatic heterocycles. The number of halogens is 1. The highest BCUT2D eigenvalue weighted by Crippen LogP contribution is 2.38. The number of aromatic nitrogens is 2. The average Bonchev–Trinajstić information content (AvgIpc) is 3.13. The fraction of sp³-hybridized carbons (Fsp3) is 0.444. The Hall–Kier alpha value is -1.85. The van der Waals surface area contributed by atoms with Crippen molar-refractivity contribution < 1.29 is 9.53 Å². The molecule has 1 aromatic carbocycles. The van der Waals surface area contributed by atoms with Crippen molar-refractivity contribution in [3.05, 3.63) is 53.6 Å². The number of amides is 1. The third-order valence-electron chi connectivity index (χ3n) is 4.61. The van der Waals surface area contributed by atoms with Gasteiger partial charge in [-0.25, -0.2) is 4.98 Å². The molecule has 1 N–H and O–H groups in total. The summed E-state index contributed by atoms with van der Waals surface area (Å²) < 4.78 is 7.48. The Morgan fingerprint density at radius 1 is 1.33 bits per heavy atom. The van der Waals surface area contributed by atoms with Crippen LogP contribution in [0.2, 0.25) is 5.02 Å². The Bertz CT molecular complexity index is 667. The van der Waals surface area contributed by atoms with Crippen LogP contribution in [-0.4, -0.2) is 35.2 Å². The molecule has 0 saturated carbocycles. The zero-order chi connectivity index (χ0) is 16.8. The van der Waals surface area contributed by atoms with Crippen LogP contribution in [0, 0.1) is 0 Å². The summed E-state index contributed by atoms with van der Waals surface area (Å²) in [5, 5.41) is 3.74. The van der Waals surface area contributed by atoms with E-state index < -0.39 is 5.41 Å². The number of hydrogen-bond donors (Lipinski definition) is 1. The molecule has 0 aliphatic carbocycles. The van der Waals surface area contributed by atoms with Gasteiger partial charge >= 0.3 is 0 Å². The molecule has 0 atom stereocenters. The van der Waals surface area contributed by atoms with Crippen LogP contribution in [-0.2, 0) is 21.5 Å². The highest BCUT2D eigenvalue weighted by molar-refractivity contribution is 6.31. The van der Waals surface area contributed by atoms with Crippen LogP contribution in [0.5, 0.6) is 0 Å². The van der Waals surface area contributed by atoms with E-state index in [4.69, 9.17) is 16.3 Å². The fourth-order valence-corrected chi connectivity index (χ4v) is 3.56. The van der Waals surface area contributed by atoms with Gasteiger partial charge < -0.3 is 14.6 Å². The van der Waals surface area contributed by atoms with Gasteiger partial charge in [-0.3, -0.25) is 4.79 Å². The molecule has 1 saturated heterocycles. The summed E-state index contributed by atoms with van der Waals surface area (Å²) in [5.74, 6) is 0.0459. The van der Waals surface area contributed by atoms with E-state index in [-0.39, 0.29) is 5.91 Å². The zero-order valence-electron chi connectivity index (χ0n) is 13.6. The van der Waals surface area contributed by atoms with Crippen LogP contribution >= 0.6 is 11.6 Å². The number of rotatable bonds is 6. The predicted octanol–water partition coefficient (Wildman–Crippen LogP) is 2.79. The molecule has 0 radical (unpaired) electrons. The van der Waals surface area contributed by atoms with Crippen molar-refractivity contribution in [3.8, 4) is 0 Å². The van der Waals surface area contributed by atoms with Crippen LogP contribution in [0.25, 0.3) is 0 Å². The maximum atomic E-state index is 13.0. The number of carbonyl (C=O) groups excluding carboxylic acids is 1. The van der Waals surface area contributed by atoms with Gasteiger partial charge in [0.1, 0.15) is 0 Å². The Labute approximate surface area is 147 Å². The van der Waals surface area contributed by atoms with E-state index in [0.29, 0.717) is 37.6 Å². The van der Waals surface area contributed by atoms with E-state index in [1.807, 2.05) is 35.0 Å². The number of aryl methyl sites for hydroxylation is 1. The number of nitrogens with zero attached hydrogens (tertiary/aromatic N) is 2. The lowest BCUT2D eigenvalue weighted by atomic mass is 9.73. The first-order chi connectivity index (χ1) is 11.7. The Balaban J connectivity index is 1.67. The van der Waals surface area contributed by atoms with E-state index in [0.717, 1.165) is 18.5 Å². The third kappa shape index (κ3) is 3.62. The SMILES string of the molecule is O=C(NCCCn1ccnc1)C1(c2ccccc2Cl)CCOCC1. The van der Waals surface area contributed by atoms with Gasteiger partial charge in [-0.1, -0.05) is 29.8 Å². The second kappa shape index (κ2) is 7.81. The summed E-state index contributed by atoms with van der Waals surface area (Å²) in [6.45, 7) is 2.62. The van der Waals surface area contributed by atoms with Gasteiger partial charge in [0.25, 0.3) is 0 Å². The van der Waals surface area contributed by atoms with E-state index in [9.17, 15) is 4.79 Å². The van der Waals surface area contributed by atoms with Crippen LogP contribution in [0.3, 0.4) is 0 Å². The van der Waals surface area contributed by atoms with Gasteiger partial charge in [0.15, 0.2) is 0 Å². The summed E-state index contributed by atoms with van der Waals surface area (Å²) in [5.41, 5.74) is 0.313. The first-order valence-corrected chi connectivity index (χ1v) is 8.67. The van der Waals surface area contributed by atoms with E-state index in [1.54, 1.807) is 12.5 Å². The second-order valence-corrected chi connectivity index (χ2v) is 6.49. The summed E-state index contributed by atoms with van der Waals surface area (Å²) in [6, 6.07) is 7.63. The molecule has 2 heterocycles. The van der Waals surface area contributed by atoms with Gasteiger partial charge in [-0.15, -0.1) is 0 Å². The zero-order valence-corrected chi connectivity index (χ0v) is 14.3. The molecule has 24 heavy (non-hydrogen) atoms. The number of carbonyl (C=O) groups is 1. The molecular formula is C18H22ClN3O2. The molecule has 1 aliphatic heterocycles. The molecule has 0 spiro atoms. The lowest BCUT2D eigenvalue weighted by molar-refractivity contribution is -0.130. The third-order valence-corrected chi connectivity index (χ3v) is 4.94. The van der Waals surface area contributed by atoms with Crippen LogP contribution in [0.1, 0.15) is 24.8 Å². The Morgan fingerprint density at radius 2 is 2.12 bits per heavy atom. The summed E-state index contributed by atoms with van der Waals surface area (Å²) in [7, 11) is 0. The van der Waals surface area contributed by atoms with E-state index >= 15 is 0 Å². The number of benzene rings is 1. The molecule has 6 heteroatoms. The molecule has 128 valence electrons. The van der Waals surface area contributed by atoms with E-state index in [1.165, 1.54) is 0 Å². The molecule has 1 fully saturated rings. The first kappa shape index (κ1) is 17.0. The van der Waals surface area contributed by atoms with Gasteiger partial charge in [-0.2, -0.15) is 0 Å². The second-order valence-electron chi connectivity index (χ2n) is 6.08. The molecule has 0 unspecified atom stereocenters. The lowest BCUT2D eigenvalue weighted by Crippen LogP contribution is -2.48. The van der Waals surface area contributed by atoms with Crippen LogP contribution in [0.4, 0.5) is 0 Å². The topological polar surface area (TPSA) is 56.2 Å². The predicted molar refractivity (Wildman–Crippen MR) is 93.0 cm³/mol. The minimum atomic E-state index is -0.592. The molecule has 3 rings (SSSR count). The van der Waals surface area contributed by atoms with Gasteiger partial charge in [-0.05, 0) is 30.9 Å². The fourth-order valence-electron chi connectivity index (χ4n) is 3.24. The Kier molecular flexibility index (Phi) is 5.53. The maximum absolute atomic E-state index is 13.0. The lowest BCUT2D eigenvalue weighted by Gasteiger charge is -2.36. The summed E-state index contributed by atoms with van der Waals surface area (Å²) >= 11 is 6.39. The highest BCUT2D eigenvalue weighted by Gasteiger charge is 2.42. The molecule has 5 nitrogen and oxygen atoms in total. The van der Waals surface area contributed by atoms with Crippen molar-refractivity contribution in [2.75, 3.05) is 19.8 Å². The molecule has 1 amide bonds. The maximum Gasteiger partial charge on any atom is 0.230 e. The van der Waals surface area contributed by atoms with Crippen molar-refractivity contribution in [2.45, 2.75) is 31.2 Å². The monoisotopic (exact) mass is 347 g/mol. The number of ether oxygens (including phenoxy) is 1. The first-order valence-electron chi connectivity index (χ1n) is 8.29. The molecule has 0 bridgehead atoms. The van der Waals surface area contributed by atoms with Gasteiger partial charge in [0.2, 0.25) is 5.91 Å². The average molecular weight is 348 g/mol. The van der Waals surface area contributed by atoms with Crippen molar-refractivity contribution in [1.29, 1.82) is 0 Å². The number of hydrogen-bond acceptors (Lipinski definition) is 3. The summed E-state index contributed by atoms with van der Waals surface area (Å²) in [6.07, 6.45) is 7.63. The normalized spacial score (nSPS) is 16.7. The van der Waals surface area contributed by atoms with Crippen molar-refractivity contribution in [1.82, 2.24) is 14.9 Å². The Morgan fingerprint density at radius 3 is 2.83 bits per heavy atom. The molecule has 1 aliphatic rings.